The van der Waals surface area contributed by atoms with Crippen LogP contribution in [-0.2, 0) is 6.42 Å². The highest BCUT2D eigenvalue weighted by Crippen LogP contribution is 2.05. The van der Waals surface area contributed by atoms with Crippen LogP contribution < -0.4 is 10.6 Å². The van der Waals surface area contributed by atoms with Crippen LogP contribution in [0.1, 0.15) is 32.3 Å². The number of hydrogen-bond acceptors (Lipinski definition) is 2. The minimum absolute atomic E-state index is 0.239. The van der Waals surface area contributed by atoms with Crippen molar-refractivity contribution in [2.45, 2.75) is 39.2 Å². The quantitative estimate of drug-likeness (QED) is 0.645. The van der Waals surface area contributed by atoms with Crippen molar-refractivity contribution < 1.29 is 14.3 Å². The molecule has 0 aliphatic rings. The zero-order chi connectivity index (χ0) is 15.7. The molecule has 3 N–H and O–H groups in total. The number of aryl methyl sites for hydroxylation is 1. The largest absolute Gasteiger partial charge is 0.391 e. The van der Waals surface area contributed by atoms with E-state index in [9.17, 15) is 14.3 Å². The second-order valence-electron chi connectivity index (χ2n) is 5.65. The van der Waals surface area contributed by atoms with Gasteiger partial charge in [-0.3, -0.25) is 0 Å². The Labute approximate surface area is 125 Å². The lowest BCUT2D eigenvalue weighted by Gasteiger charge is -2.14. The van der Waals surface area contributed by atoms with E-state index in [1.54, 1.807) is 6.07 Å². The molecule has 118 valence electrons. The van der Waals surface area contributed by atoms with Gasteiger partial charge in [-0.25, -0.2) is 9.18 Å². The second kappa shape index (κ2) is 9.34. The molecule has 4 nitrogen and oxygen atoms in total. The molecule has 0 aromatic heterocycles. The summed E-state index contributed by atoms with van der Waals surface area (Å²) in [5.74, 6) is 0.161. The van der Waals surface area contributed by atoms with Gasteiger partial charge in [0.1, 0.15) is 5.82 Å². The van der Waals surface area contributed by atoms with Crippen LogP contribution >= 0.6 is 0 Å². The molecule has 0 aliphatic heterocycles. The van der Waals surface area contributed by atoms with Gasteiger partial charge in [0, 0.05) is 13.1 Å². The average molecular weight is 296 g/mol. The smallest absolute Gasteiger partial charge is 0.314 e. The van der Waals surface area contributed by atoms with Gasteiger partial charge >= 0.3 is 6.03 Å². The molecule has 21 heavy (non-hydrogen) atoms. The monoisotopic (exact) mass is 296 g/mol. The number of urea groups is 1. The van der Waals surface area contributed by atoms with Crippen LogP contribution in [-0.4, -0.2) is 30.3 Å². The fraction of sp³-hybridized carbons (Fsp3) is 0.562. The lowest BCUT2D eigenvalue weighted by atomic mass is 10.1. The average Bonchev–Trinajstić information content (AvgIpc) is 2.41. The SMILES string of the molecule is CC(C)CC(O)CNC(=O)NCCCc1cccc(F)c1. The third-order valence-electron chi connectivity index (χ3n) is 3.06. The lowest BCUT2D eigenvalue weighted by molar-refractivity contribution is 0.147. The lowest BCUT2D eigenvalue weighted by Crippen LogP contribution is -2.40. The first-order valence-electron chi connectivity index (χ1n) is 7.41. The topological polar surface area (TPSA) is 61.4 Å². The standard InChI is InChI=1S/C16H25FN2O2/c1-12(2)9-15(20)11-19-16(21)18-8-4-6-13-5-3-7-14(17)10-13/h3,5,7,10,12,15,20H,4,6,8-9,11H2,1-2H3,(H2,18,19,21). The minimum atomic E-state index is -0.511. The van der Waals surface area contributed by atoms with E-state index in [4.69, 9.17) is 0 Å². The summed E-state index contributed by atoms with van der Waals surface area (Å²) in [6.07, 6.45) is 1.61. The molecule has 0 heterocycles. The van der Waals surface area contributed by atoms with Gasteiger partial charge in [-0.05, 0) is 42.9 Å². The number of halogens is 1. The molecule has 1 aromatic carbocycles. The number of carbonyl (C=O) groups is 1. The Morgan fingerprint density at radius 2 is 2.10 bits per heavy atom. The molecule has 1 rings (SSSR count). The predicted molar refractivity (Wildman–Crippen MR) is 81.6 cm³/mol. The summed E-state index contributed by atoms with van der Waals surface area (Å²) >= 11 is 0. The van der Waals surface area contributed by atoms with Crippen LogP contribution in [0.5, 0.6) is 0 Å². The zero-order valence-electron chi connectivity index (χ0n) is 12.7. The molecule has 0 saturated carbocycles. The third kappa shape index (κ3) is 8.30. The van der Waals surface area contributed by atoms with Crippen molar-refractivity contribution in [3.05, 3.63) is 35.6 Å². The highest BCUT2D eigenvalue weighted by atomic mass is 19.1. The summed E-state index contributed by atoms with van der Waals surface area (Å²) in [6, 6.07) is 6.18. The number of carbonyl (C=O) groups excluding carboxylic acids is 1. The van der Waals surface area contributed by atoms with Gasteiger partial charge in [-0.1, -0.05) is 26.0 Å². The number of aliphatic hydroxyl groups excluding tert-OH is 1. The van der Waals surface area contributed by atoms with E-state index in [1.165, 1.54) is 12.1 Å². The van der Waals surface area contributed by atoms with Crippen molar-refractivity contribution in [1.82, 2.24) is 10.6 Å². The van der Waals surface area contributed by atoms with Gasteiger partial charge in [0.25, 0.3) is 0 Å². The second-order valence-corrected chi connectivity index (χ2v) is 5.65. The van der Waals surface area contributed by atoms with Crippen LogP contribution in [0.3, 0.4) is 0 Å². The number of benzene rings is 1. The number of hydrogen-bond donors (Lipinski definition) is 3. The van der Waals surface area contributed by atoms with E-state index < -0.39 is 6.10 Å². The molecule has 2 amide bonds. The van der Waals surface area contributed by atoms with Crippen molar-refractivity contribution in [2.75, 3.05) is 13.1 Å². The molecule has 1 unspecified atom stereocenters. The van der Waals surface area contributed by atoms with E-state index in [-0.39, 0.29) is 18.4 Å². The van der Waals surface area contributed by atoms with Gasteiger partial charge in [-0.15, -0.1) is 0 Å². The fourth-order valence-electron chi connectivity index (χ4n) is 2.09. The maximum absolute atomic E-state index is 13.0. The Hall–Kier alpha value is -1.62. The highest BCUT2D eigenvalue weighted by Gasteiger charge is 2.08. The summed E-state index contributed by atoms with van der Waals surface area (Å²) in [7, 11) is 0. The van der Waals surface area contributed by atoms with Gasteiger partial charge < -0.3 is 15.7 Å². The Balaban J connectivity index is 2.11. The van der Waals surface area contributed by atoms with Gasteiger partial charge in [0.2, 0.25) is 0 Å². The van der Waals surface area contributed by atoms with Crippen LogP contribution in [0.4, 0.5) is 9.18 Å². The first kappa shape index (κ1) is 17.4. The molecule has 1 aromatic rings. The van der Waals surface area contributed by atoms with Gasteiger partial charge in [0.05, 0.1) is 6.10 Å². The molecule has 1 atom stereocenters. The van der Waals surface area contributed by atoms with Crippen molar-refractivity contribution in [2.24, 2.45) is 5.92 Å². The maximum Gasteiger partial charge on any atom is 0.314 e. The maximum atomic E-state index is 13.0. The van der Waals surface area contributed by atoms with E-state index in [0.29, 0.717) is 25.3 Å². The summed E-state index contributed by atoms with van der Waals surface area (Å²) in [5, 5.41) is 15.0. The molecule has 0 saturated heterocycles. The Morgan fingerprint density at radius 3 is 2.76 bits per heavy atom. The van der Waals surface area contributed by atoms with Crippen LogP contribution in [0.2, 0.25) is 0 Å². The summed E-state index contributed by atoms with van der Waals surface area (Å²) in [4.78, 5) is 11.5. The Bertz CT molecular complexity index is 438. The van der Waals surface area contributed by atoms with Crippen LogP contribution in [0.15, 0.2) is 24.3 Å². The first-order chi connectivity index (χ1) is 9.97. The zero-order valence-corrected chi connectivity index (χ0v) is 12.7. The number of rotatable bonds is 8. The normalized spacial score (nSPS) is 12.2. The van der Waals surface area contributed by atoms with Crippen LogP contribution in [0.25, 0.3) is 0 Å². The molecule has 0 bridgehead atoms. The van der Waals surface area contributed by atoms with Crippen molar-refractivity contribution in [1.29, 1.82) is 0 Å². The molecule has 0 radical (unpaired) electrons. The molecule has 0 aliphatic carbocycles. The molecule has 0 spiro atoms. The minimum Gasteiger partial charge on any atom is -0.391 e. The molecule has 5 heteroatoms. The molecule has 0 fully saturated rings. The summed E-state index contributed by atoms with van der Waals surface area (Å²) in [5.41, 5.74) is 0.921. The van der Waals surface area contributed by atoms with E-state index in [1.807, 2.05) is 19.9 Å². The van der Waals surface area contributed by atoms with Crippen molar-refractivity contribution >= 4 is 6.03 Å². The number of amides is 2. The van der Waals surface area contributed by atoms with E-state index in [0.717, 1.165) is 12.0 Å². The summed E-state index contributed by atoms with van der Waals surface area (Å²) in [6.45, 7) is 4.82. The predicted octanol–water partition coefficient (Wildman–Crippen LogP) is 2.46. The highest BCUT2D eigenvalue weighted by molar-refractivity contribution is 5.73. The number of nitrogens with one attached hydrogen (secondary N) is 2. The molecular formula is C16H25FN2O2. The fourth-order valence-corrected chi connectivity index (χ4v) is 2.09. The van der Waals surface area contributed by atoms with E-state index in [2.05, 4.69) is 10.6 Å². The molecular weight excluding hydrogens is 271 g/mol. The van der Waals surface area contributed by atoms with E-state index >= 15 is 0 Å². The number of aliphatic hydroxyl groups is 1. The Kier molecular flexibility index (Phi) is 7.75. The van der Waals surface area contributed by atoms with Crippen LogP contribution in [0, 0.1) is 11.7 Å². The Morgan fingerprint density at radius 1 is 1.33 bits per heavy atom. The first-order valence-corrected chi connectivity index (χ1v) is 7.41. The van der Waals surface area contributed by atoms with Crippen molar-refractivity contribution in [3.8, 4) is 0 Å². The van der Waals surface area contributed by atoms with Crippen molar-refractivity contribution in [3.63, 3.8) is 0 Å². The third-order valence-corrected chi connectivity index (χ3v) is 3.06. The van der Waals surface area contributed by atoms with Gasteiger partial charge in [-0.2, -0.15) is 0 Å². The summed E-state index contributed by atoms with van der Waals surface area (Å²) < 4.78 is 13.0. The van der Waals surface area contributed by atoms with Gasteiger partial charge in [0.15, 0.2) is 0 Å².